The van der Waals surface area contributed by atoms with E-state index in [0.717, 1.165) is 0 Å². The summed E-state index contributed by atoms with van der Waals surface area (Å²) in [6, 6.07) is 4.27. The highest BCUT2D eigenvalue weighted by molar-refractivity contribution is 5.25. The van der Waals surface area contributed by atoms with Crippen LogP contribution in [0, 0.1) is 11.6 Å². The highest BCUT2D eigenvalue weighted by Gasteiger charge is 2.13. The molecule has 0 aliphatic heterocycles. The van der Waals surface area contributed by atoms with Gasteiger partial charge in [-0.1, -0.05) is 25.3 Å². The van der Waals surface area contributed by atoms with Crippen LogP contribution in [-0.4, -0.2) is 19.2 Å². The molecule has 0 atom stereocenters. The summed E-state index contributed by atoms with van der Waals surface area (Å²) in [6.45, 7) is 0.910. The third-order valence-electron chi connectivity index (χ3n) is 3.31. The molecule has 0 radical (unpaired) electrons. The normalized spacial score (nSPS) is 16.8. The van der Waals surface area contributed by atoms with Gasteiger partial charge >= 0.3 is 0 Å². The molecule has 0 unspecified atom stereocenters. The van der Waals surface area contributed by atoms with Gasteiger partial charge in [0.05, 0.1) is 0 Å². The SMILES string of the molecule is Fc1cccc(F)c1OCCNC1CCCCC1. The lowest BCUT2D eigenvalue weighted by Gasteiger charge is -2.22. The monoisotopic (exact) mass is 255 g/mol. The summed E-state index contributed by atoms with van der Waals surface area (Å²) in [5, 5.41) is 3.36. The highest BCUT2D eigenvalue weighted by Crippen LogP contribution is 2.20. The molecule has 0 amide bonds. The molecule has 1 N–H and O–H groups in total. The quantitative estimate of drug-likeness (QED) is 0.815. The van der Waals surface area contributed by atoms with E-state index in [1.54, 1.807) is 0 Å². The van der Waals surface area contributed by atoms with Gasteiger partial charge < -0.3 is 10.1 Å². The van der Waals surface area contributed by atoms with E-state index in [4.69, 9.17) is 4.74 Å². The van der Waals surface area contributed by atoms with Crippen LogP contribution in [0.5, 0.6) is 5.75 Å². The van der Waals surface area contributed by atoms with Crippen LogP contribution < -0.4 is 10.1 Å². The molecule has 0 saturated heterocycles. The van der Waals surface area contributed by atoms with Gasteiger partial charge in [0.1, 0.15) is 6.61 Å². The van der Waals surface area contributed by atoms with Crippen LogP contribution in [0.1, 0.15) is 32.1 Å². The molecule has 1 aromatic rings. The Morgan fingerprint density at radius 1 is 1.11 bits per heavy atom. The standard InChI is InChI=1S/C14H19F2NO/c15-12-7-4-8-13(16)14(12)18-10-9-17-11-5-2-1-3-6-11/h4,7-8,11,17H,1-3,5-6,9-10H2. The highest BCUT2D eigenvalue weighted by atomic mass is 19.1. The predicted octanol–water partition coefficient (Wildman–Crippen LogP) is 3.27. The second kappa shape index (κ2) is 6.69. The summed E-state index contributed by atoms with van der Waals surface area (Å²) in [7, 11) is 0. The third-order valence-corrected chi connectivity index (χ3v) is 3.31. The Morgan fingerprint density at radius 3 is 2.44 bits per heavy atom. The van der Waals surface area contributed by atoms with Gasteiger partial charge in [-0.2, -0.15) is 0 Å². The molecule has 100 valence electrons. The summed E-state index contributed by atoms with van der Waals surface area (Å²) < 4.78 is 31.6. The molecule has 18 heavy (non-hydrogen) atoms. The molecule has 0 spiro atoms. The second-order valence-electron chi connectivity index (χ2n) is 4.69. The molecule has 0 heterocycles. The Hall–Kier alpha value is -1.16. The van der Waals surface area contributed by atoms with Crippen molar-refractivity contribution in [2.24, 2.45) is 0 Å². The van der Waals surface area contributed by atoms with Crippen LogP contribution in [0.15, 0.2) is 18.2 Å². The molecule has 1 fully saturated rings. The van der Waals surface area contributed by atoms with Gasteiger partial charge in [0, 0.05) is 12.6 Å². The summed E-state index contributed by atoms with van der Waals surface area (Å²) in [4.78, 5) is 0. The van der Waals surface area contributed by atoms with Crippen molar-refractivity contribution in [3.63, 3.8) is 0 Å². The van der Waals surface area contributed by atoms with Crippen LogP contribution in [0.25, 0.3) is 0 Å². The van der Waals surface area contributed by atoms with Gasteiger partial charge in [-0.3, -0.25) is 0 Å². The average molecular weight is 255 g/mol. The van der Waals surface area contributed by atoms with E-state index >= 15 is 0 Å². The number of para-hydroxylation sites is 1. The Kier molecular flexibility index (Phi) is 4.93. The molecular weight excluding hydrogens is 236 g/mol. The van der Waals surface area contributed by atoms with E-state index in [0.29, 0.717) is 12.6 Å². The number of benzene rings is 1. The first-order chi connectivity index (χ1) is 8.77. The molecule has 4 heteroatoms. The fourth-order valence-corrected chi connectivity index (χ4v) is 2.34. The summed E-state index contributed by atoms with van der Waals surface area (Å²) in [6.07, 6.45) is 6.22. The molecule has 1 aliphatic rings. The second-order valence-corrected chi connectivity index (χ2v) is 4.69. The van der Waals surface area contributed by atoms with E-state index < -0.39 is 11.6 Å². The molecule has 2 rings (SSSR count). The minimum Gasteiger partial charge on any atom is -0.486 e. The third kappa shape index (κ3) is 3.67. The van der Waals surface area contributed by atoms with Crippen molar-refractivity contribution in [1.29, 1.82) is 0 Å². The van der Waals surface area contributed by atoms with Crippen molar-refractivity contribution < 1.29 is 13.5 Å². The lowest BCUT2D eigenvalue weighted by molar-refractivity contribution is 0.267. The topological polar surface area (TPSA) is 21.3 Å². The molecule has 2 nitrogen and oxygen atoms in total. The van der Waals surface area contributed by atoms with Crippen LogP contribution in [-0.2, 0) is 0 Å². The van der Waals surface area contributed by atoms with Crippen LogP contribution in [0.3, 0.4) is 0 Å². The largest absolute Gasteiger partial charge is 0.486 e. The van der Waals surface area contributed by atoms with Gasteiger partial charge in [-0.15, -0.1) is 0 Å². The van der Waals surface area contributed by atoms with Gasteiger partial charge in [0.2, 0.25) is 0 Å². The van der Waals surface area contributed by atoms with Crippen molar-refractivity contribution in [2.45, 2.75) is 38.1 Å². The first-order valence-corrected chi connectivity index (χ1v) is 6.57. The van der Waals surface area contributed by atoms with Gasteiger partial charge in [-0.05, 0) is 25.0 Å². The Labute approximate surface area is 106 Å². The van der Waals surface area contributed by atoms with Gasteiger partial charge in [-0.25, -0.2) is 8.78 Å². The zero-order valence-electron chi connectivity index (χ0n) is 10.4. The van der Waals surface area contributed by atoms with E-state index in [1.165, 1.54) is 50.3 Å². The number of ether oxygens (including phenoxy) is 1. The predicted molar refractivity (Wildman–Crippen MR) is 66.7 cm³/mol. The fraction of sp³-hybridized carbons (Fsp3) is 0.571. The number of halogens is 2. The molecule has 1 saturated carbocycles. The van der Waals surface area contributed by atoms with Gasteiger partial charge in [0.25, 0.3) is 0 Å². The maximum absolute atomic E-state index is 13.2. The van der Waals surface area contributed by atoms with E-state index in [1.807, 2.05) is 0 Å². The van der Waals surface area contributed by atoms with Gasteiger partial charge in [0.15, 0.2) is 17.4 Å². The smallest absolute Gasteiger partial charge is 0.190 e. The fourth-order valence-electron chi connectivity index (χ4n) is 2.34. The van der Waals surface area contributed by atoms with E-state index in [-0.39, 0.29) is 12.4 Å². The Bertz CT molecular complexity index is 358. The van der Waals surface area contributed by atoms with Crippen LogP contribution >= 0.6 is 0 Å². The van der Waals surface area contributed by atoms with Crippen molar-refractivity contribution in [3.8, 4) is 5.75 Å². The number of nitrogens with one attached hydrogen (secondary N) is 1. The van der Waals surface area contributed by atoms with E-state index in [2.05, 4.69) is 5.32 Å². The number of hydrogen-bond donors (Lipinski definition) is 1. The minimum atomic E-state index is -0.646. The van der Waals surface area contributed by atoms with Crippen LogP contribution in [0.2, 0.25) is 0 Å². The van der Waals surface area contributed by atoms with Crippen molar-refractivity contribution in [3.05, 3.63) is 29.8 Å². The molecule has 0 bridgehead atoms. The molecule has 0 aromatic heterocycles. The lowest BCUT2D eigenvalue weighted by atomic mass is 9.96. The lowest BCUT2D eigenvalue weighted by Crippen LogP contribution is -2.34. The van der Waals surface area contributed by atoms with E-state index in [9.17, 15) is 8.78 Å². The Balaban J connectivity index is 1.71. The summed E-state index contributed by atoms with van der Waals surface area (Å²) in [5.74, 6) is -1.57. The van der Waals surface area contributed by atoms with Crippen molar-refractivity contribution >= 4 is 0 Å². The Morgan fingerprint density at radius 2 is 1.78 bits per heavy atom. The number of hydrogen-bond acceptors (Lipinski definition) is 2. The zero-order valence-corrected chi connectivity index (χ0v) is 10.4. The number of rotatable bonds is 5. The molecular formula is C14H19F2NO. The average Bonchev–Trinajstić information content (AvgIpc) is 2.38. The van der Waals surface area contributed by atoms with Crippen LogP contribution in [0.4, 0.5) is 8.78 Å². The van der Waals surface area contributed by atoms with Crippen molar-refractivity contribution in [1.82, 2.24) is 5.32 Å². The zero-order chi connectivity index (χ0) is 12.8. The van der Waals surface area contributed by atoms with Crippen molar-refractivity contribution in [2.75, 3.05) is 13.2 Å². The molecule has 1 aromatic carbocycles. The maximum Gasteiger partial charge on any atom is 0.190 e. The summed E-state index contributed by atoms with van der Waals surface area (Å²) >= 11 is 0. The minimum absolute atomic E-state index is 0.275. The maximum atomic E-state index is 13.2. The first kappa shape index (κ1) is 13.3. The summed E-state index contributed by atoms with van der Waals surface area (Å²) in [5.41, 5.74) is 0. The first-order valence-electron chi connectivity index (χ1n) is 6.57. The molecule has 1 aliphatic carbocycles.